The molecule has 148 valence electrons. The molecule has 0 saturated carbocycles. The highest BCUT2D eigenvalue weighted by Gasteiger charge is 2.23. The summed E-state index contributed by atoms with van der Waals surface area (Å²) in [7, 11) is 0. The minimum atomic E-state index is -0.374. The first-order valence-electron chi connectivity index (χ1n) is 9.73. The minimum Gasteiger partial charge on any atom is -0.446 e. The third-order valence-electron chi connectivity index (χ3n) is 4.97. The van der Waals surface area contributed by atoms with Gasteiger partial charge in [-0.15, -0.1) is 15.3 Å². The first-order chi connectivity index (χ1) is 14.7. The van der Waals surface area contributed by atoms with Crippen molar-refractivity contribution in [2.75, 3.05) is 0 Å². The van der Waals surface area contributed by atoms with Crippen LogP contribution in [0.5, 0.6) is 0 Å². The van der Waals surface area contributed by atoms with E-state index in [1.165, 1.54) is 11.1 Å². The standard InChI is InChI=1S/C24H20N4O2/c1-15-6-10-17(11-7-15)21-25-27-23(29-21)19-4-3-5-20(14-19)24-28-26-22(30-24)18-12-8-16(2)9-13-18/h3-14,23,27H,1-2H3. The Hall–Kier alpha value is -3.93. The van der Waals surface area contributed by atoms with Crippen LogP contribution >= 0.6 is 0 Å². The van der Waals surface area contributed by atoms with Crippen LogP contribution in [0.2, 0.25) is 0 Å². The highest BCUT2D eigenvalue weighted by Crippen LogP contribution is 2.28. The first kappa shape index (κ1) is 18.1. The van der Waals surface area contributed by atoms with E-state index < -0.39 is 0 Å². The Morgan fingerprint density at radius 1 is 0.733 bits per heavy atom. The van der Waals surface area contributed by atoms with Gasteiger partial charge in [0.25, 0.3) is 0 Å². The van der Waals surface area contributed by atoms with Gasteiger partial charge in [-0.1, -0.05) is 47.5 Å². The Bertz CT molecular complexity index is 1210. The summed E-state index contributed by atoms with van der Waals surface area (Å²) in [5, 5.41) is 12.7. The Morgan fingerprint density at radius 2 is 1.37 bits per heavy atom. The van der Waals surface area contributed by atoms with Gasteiger partial charge in [0.2, 0.25) is 23.9 Å². The summed E-state index contributed by atoms with van der Waals surface area (Å²) in [6.07, 6.45) is -0.374. The van der Waals surface area contributed by atoms with Crippen LogP contribution in [0.15, 0.2) is 82.3 Å². The van der Waals surface area contributed by atoms with E-state index in [0.717, 1.165) is 22.3 Å². The SMILES string of the molecule is Cc1ccc(C2=NNC(c3cccc(-c4nnc(-c5ccc(C)cc5)o4)c3)O2)cc1. The molecule has 1 N–H and O–H groups in total. The largest absolute Gasteiger partial charge is 0.446 e. The maximum Gasteiger partial charge on any atom is 0.248 e. The van der Waals surface area contributed by atoms with Crippen LogP contribution < -0.4 is 5.43 Å². The van der Waals surface area contributed by atoms with Gasteiger partial charge in [-0.05, 0) is 50.2 Å². The lowest BCUT2D eigenvalue weighted by molar-refractivity contribution is 0.192. The summed E-state index contributed by atoms with van der Waals surface area (Å²) in [6.45, 7) is 4.09. The molecule has 5 rings (SSSR count). The van der Waals surface area contributed by atoms with Crippen LogP contribution in [-0.2, 0) is 4.74 Å². The molecular formula is C24H20N4O2. The number of nitrogens with zero attached hydrogens (tertiary/aromatic N) is 3. The van der Waals surface area contributed by atoms with Gasteiger partial charge in [0.1, 0.15) is 0 Å². The molecule has 30 heavy (non-hydrogen) atoms. The van der Waals surface area contributed by atoms with E-state index >= 15 is 0 Å². The average molecular weight is 396 g/mol. The molecule has 0 amide bonds. The van der Waals surface area contributed by atoms with E-state index in [9.17, 15) is 0 Å². The van der Waals surface area contributed by atoms with Crippen LogP contribution in [0.4, 0.5) is 0 Å². The zero-order valence-electron chi connectivity index (χ0n) is 16.7. The van der Waals surface area contributed by atoms with E-state index in [1.807, 2.05) is 79.7 Å². The molecule has 3 aromatic carbocycles. The van der Waals surface area contributed by atoms with Crippen molar-refractivity contribution in [3.8, 4) is 22.9 Å². The number of aryl methyl sites for hydroxylation is 2. The van der Waals surface area contributed by atoms with E-state index in [2.05, 4.69) is 27.6 Å². The van der Waals surface area contributed by atoms with Crippen molar-refractivity contribution in [3.05, 3.63) is 95.1 Å². The topological polar surface area (TPSA) is 72.5 Å². The van der Waals surface area contributed by atoms with Gasteiger partial charge in [0.15, 0.2) is 0 Å². The molecule has 4 aromatic rings. The molecule has 0 fully saturated rings. The van der Waals surface area contributed by atoms with Crippen molar-refractivity contribution in [3.63, 3.8) is 0 Å². The van der Waals surface area contributed by atoms with Gasteiger partial charge < -0.3 is 9.15 Å². The Morgan fingerprint density at radius 3 is 2.07 bits per heavy atom. The van der Waals surface area contributed by atoms with E-state index in [-0.39, 0.29) is 6.23 Å². The summed E-state index contributed by atoms with van der Waals surface area (Å²) in [5.74, 6) is 1.53. The summed E-state index contributed by atoms with van der Waals surface area (Å²) >= 11 is 0. The van der Waals surface area contributed by atoms with Gasteiger partial charge in [-0.3, -0.25) is 5.43 Å². The van der Waals surface area contributed by atoms with Crippen molar-refractivity contribution in [2.24, 2.45) is 5.10 Å². The summed E-state index contributed by atoms with van der Waals surface area (Å²) in [5.41, 5.74) is 9.01. The van der Waals surface area contributed by atoms with Crippen molar-refractivity contribution < 1.29 is 9.15 Å². The molecule has 0 radical (unpaired) electrons. The fourth-order valence-electron chi connectivity index (χ4n) is 3.24. The van der Waals surface area contributed by atoms with Crippen LogP contribution in [-0.4, -0.2) is 16.1 Å². The van der Waals surface area contributed by atoms with Crippen LogP contribution in [0.25, 0.3) is 22.9 Å². The average Bonchev–Trinajstić information content (AvgIpc) is 3.45. The lowest BCUT2D eigenvalue weighted by Crippen LogP contribution is -2.12. The second-order valence-corrected chi connectivity index (χ2v) is 7.31. The molecule has 6 nitrogen and oxygen atoms in total. The monoisotopic (exact) mass is 396 g/mol. The number of hydrogen-bond donors (Lipinski definition) is 1. The Kier molecular flexibility index (Phi) is 4.52. The number of nitrogens with one attached hydrogen (secondary N) is 1. The number of hydrogen-bond acceptors (Lipinski definition) is 6. The van der Waals surface area contributed by atoms with Gasteiger partial charge in [0, 0.05) is 22.3 Å². The number of ether oxygens (including phenoxy) is 1. The number of aromatic nitrogens is 2. The highest BCUT2D eigenvalue weighted by atomic mass is 16.5. The molecular weight excluding hydrogens is 376 g/mol. The highest BCUT2D eigenvalue weighted by molar-refractivity contribution is 5.94. The van der Waals surface area contributed by atoms with Crippen LogP contribution in [0, 0.1) is 13.8 Å². The Balaban J connectivity index is 1.35. The van der Waals surface area contributed by atoms with Gasteiger partial charge in [0.05, 0.1) is 0 Å². The predicted octanol–water partition coefficient (Wildman–Crippen LogP) is 5.00. The van der Waals surface area contributed by atoms with Crippen molar-refractivity contribution in [2.45, 2.75) is 20.1 Å². The fraction of sp³-hybridized carbons (Fsp3) is 0.125. The summed E-state index contributed by atoms with van der Waals surface area (Å²) in [4.78, 5) is 0. The van der Waals surface area contributed by atoms with Gasteiger partial charge >= 0.3 is 0 Å². The smallest absolute Gasteiger partial charge is 0.248 e. The maximum absolute atomic E-state index is 6.02. The first-order valence-corrected chi connectivity index (χ1v) is 9.73. The molecule has 1 aliphatic heterocycles. The van der Waals surface area contributed by atoms with Crippen molar-refractivity contribution in [1.82, 2.24) is 15.6 Å². The molecule has 0 spiro atoms. The molecule has 6 heteroatoms. The van der Waals surface area contributed by atoms with E-state index in [4.69, 9.17) is 9.15 Å². The molecule has 2 heterocycles. The lowest BCUT2D eigenvalue weighted by atomic mass is 10.1. The molecule has 1 atom stereocenters. The number of rotatable bonds is 4. The summed E-state index contributed by atoms with van der Waals surface area (Å²) in [6, 6.07) is 23.9. The van der Waals surface area contributed by atoms with Crippen molar-refractivity contribution >= 4 is 5.90 Å². The van der Waals surface area contributed by atoms with Gasteiger partial charge in [-0.2, -0.15) is 0 Å². The summed E-state index contributed by atoms with van der Waals surface area (Å²) < 4.78 is 11.9. The van der Waals surface area contributed by atoms with Crippen LogP contribution in [0.1, 0.15) is 28.5 Å². The quantitative estimate of drug-likeness (QED) is 0.525. The van der Waals surface area contributed by atoms with E-state index in [1.54, 1.807) is 0 Å². The van der Waals surface area contributed by atoms with Gasteiger partial charge in [-0.25, -0.2) is 0 Å². The zero-order chi connectivity index (χ0) is 20.5. The molecule has 1 aromatic heterocycles. The molecule has 0 aliphatic carbocycles. The molecule has 1 unspecified atom stereocenters. The third kappa shape index (κ3) is 3.55. The molecule has 1 aliphatic rings. The lowest BCUT2D eigenvalue weighted by Gasteiger charge is -2.12. The number of hydrazone groups is 1. The van der Waals surface area contributed by atoms with E-state index in [0.29, 0.717) is 17.7 Å². The normalized spacial score (nSPS) is 15.4. The third-order valence-corrected chi connectivity index (χ3v) is 4.97. The molecule has 0 bridgehead atoms. The second-order valence-electron chi connectivity index (χ2n) is 7.31. The fourth-order valence-corrected chi connectivity index (χ4v) is 3.24. The second kappa shape index (κ2) is 7.48. The minimum absolute atomic E-state index is 0.374. The number of benzene rings is 3. The van der Waals surface area contributed by atoms with Crippen molar-refractivity contribution in [1.29, 1.82) is 0 Å². The molecule has 0 saturated heterocycles. The predicted molar refractivity (Wildman–Crippen MR) is 115 cm³/mol. The van der Waals surface area contributed by atoms with Crippen LogP contribution in [0.3, 0.4) is 0 Å². The zero-order valence-corrected chi connectivity index (χ0v) is 16.7. The Labute approximate surface area is 174 Å². The maximum atomic E-state index is 6.02.